The quantitative estimate of drug-likeness (QED) is 0.794. The van der Waals surface area contributed by atoms with Crippen molar-refractivity contribution >= 4 is 17.6 Å². The molecule has 0 unspecified atom stereocenters. The Bertz CT molecular complexity index is 755. The van der Waals surface area contributed by atoms with E-state index in [0.29, 0.717) is 35.3 Å². The van der Waals surface area contributed by atoms with E-state index in [9.17, 15) is 4.79 Å². The first-order chi connectivity index (χ1) is 11.0. The number of fused-ring (bicyclic) bond motifs is 1. The van der Waals surface area contributed by atoms with Crippen molar-refractivity contribution in [3.05, 3.63) is 57.6 Å². The summed E-state index contributed by atoms with van der Waals surface area (Å²) in [5.41, 5.74) is 3.34. The number of ether oxygens (including phenoxy) is 3. The van der Waals surface area contributed by atoms with E-state index >= 15 is 0 Å². The number of carbonyl (C=O) groups is 1. The van der Waals surface area contributed by atoms with Crippen LogP contribution in [0, 0.1) is 13.8 Å². The van der Waals surface area contributed by atoms with Crippen LogP contribution < -0.4 is 9.47 Å². The monoisotopic (exact) mass is 332 g/mol. The Labute approximate surface area is 139 Å². The van der Waals surface area contributed by atoms with Gasteiger partial charge in [0.2, 0.25) is 0 Å². The Balaban J connectivity index is 1.73. The van der Waals surface area contributed by atoms with Crippen LogP contribution in [0.1, 0.15) is 27.0 Å². The first kappa shape index (κ1) is 15.7. The average molecular weight is 333 g/mol. The average Bonchev–Trinajstić information content (AvgIpc) is 2.53. The normalized spacial score (nSPS) is 12.8. The predicted octanol–water partition coefficient (Wildman–Crippen LogP) is 4.09. The van der Waals surface area contributed by atoms with Gasteiger partial charge in [-0.15, -0.1) is 0 Å². The molecule has 0 aliphatic carbocycles. The zero-order valence-electron chi connectivity index (χ0n) is 13.0. The molecule has 4 nitrogen and oxygen atoms in total. The number of benzene rings is 2. The van der Waals surface area contributed by atoms with Gasteiger partial charge in [0.15, 0.2) is 11.5 Å². The maximum absolute atomic E-state index is 12.2. The lowest BCUT2D eigenvalue weighted by molar-refractivity contribution is 0.0471. The number of esters is 1. The molecule has 0 N–H and O–H groups in total. The summed E-state index contributed by atoms with van der Waals surface area (Å²) in [7, 11) is 0. The largest absolute Gasteiger partial charge is 0.486 e. The molecule has 0 bridgehead atoms. The van der Waals surface area contributed by atoms with E-state index in [1.54, 1.807) is 18.2 Å². The summed E-state index contributed by atoms with van der Waals surface area (Å²) >= 11 is 6.18. The number of carbonyl (C=O) groups excluding carboxylic acids is 1. The van der Waals surface area contributed by atoms with Gasteiger partial charge in [-0.2, -0.15) is 0 Å². The van der Waals surface area contributed by atoms with E-state index in [1.807, 2.05) is 26.0 Å². The van der Waals surface area contributed by atoms with Crippen molar-refractivity contribution < 1.29 is 19.0 Å². The summed E-state index contributed by atoms with van der Waals surface area (Å²) in [6.45, 7) is 4.97. The molecule has 0 saturated carbocycles. The Kier molecular flexibility index (Phi) is 4.44. The standard InChI is InChI=1S/C18H17ClO4/c1-11-3-4-14(12(2)7-11)18(20)23-10-13-8-15(19)17-16(9-13)21-5-6-22-17/h3-4,7-9H,5-6,10H2,1-2H3. The van der Waals surface area contributed by atoms with Gasteiger partial charge in [-0.25, -0.2) is 4.79 Å². The second-order valence-corrected chi connectivity index (χ2v) is 5.90. The van der Waals surface area contributed by atoms with Crippen LogP contribution in [0.3, 0.4) is 0 Å². The lowest BCUT2D eigenvalue weighted by Crippen LogP contribution is -2.16. The summed E-state index contributed by atoms with van der Waals surface area (Å²) in [4.78, 5) is 12.2. The van der Waals surface area contributed by atoms with Gasteiger partial charge in [-0.1, -0.05) is 29.3 Å². The van der Waals surface area contributed by atoms with Crippen molar-refractivity contribution in [3.8, 4) is 11.5 Å². The molecule has 1 aliphatic heterocycles. The van der Waals surface area contributed by atoms with E-state index < -0.39 is 0 Å². The number of hydrogen-bond donors (Lipinski definition) is 0. The Morgan fingerprint density at radius 2 is 1.96 bits per heavy atom. The van der Waals surface area contributed by atoms with Crippen molar-refractivity contribution in [2.24, 2.45) is 0 Å². The SMILES string of the molecule is Cc1ccc(C(=O)OCc2cc(Cl)c3c(c2)OCCO3)c(C)c1. The van der Waals surface area contributed by atoms with Gasteiger partial charge in [-0.05, 0) is 43.2 Å². The molecule has 0 spiro atoms. The molecule has 5 heteroatoms. The fourth-order valence-corrected chi connectivity index (χ4v) is 2.80. The fourth-order valence-electron chi connectivity index (χ4n) is 2.52. The number of halogens is 1. The van der Waals surface area contributed by atoms with Gasteiger partial charge < -0.3 is 14.2 Å². The first-order valence-electron chi connectivity index (χ1n) is 7.37. The maximum atomic E-state index is 12.2. The van der Waals surface area contributed by atoms with Crippen molar-refractivity contribution in [1.29, 1.82) is 0 Å². The van der Waals surface area contributed by atoms with Crippen LogP contribution in [0.2, 0.25) is 5.02 Å². The van der Waals surface area contributed by atoms with Crippen LogP contribution in [0.25, 0.3) is 0 Å². The van der Waals surface area contributed by atoms with Crippen molar-refractivity contribution in [1.82, 2.24) is 0 Å². The minimum absolute atomic E-state index is 0.127. The Hall–Kier alpha value is -2.20. The summed E-state index contributed by atoms with van der Waals surface area (Å²) in [6.07, 6.45) is 0. The molecule has 1 heterocycles. The van der Waals surface area contributed by atoms with Crippen LogP contribution in [0.15, 0.2) is 30.3 Å². The highest BCUT2D eigenvalue weighted by molar-refractivity contribution is 6.32. The van der Waals surface area contributed by atoms with Crippen LogP contribution in [-0.4, -0.2) is 19.2 Å². The van der Waals surface area contributed by atoms with Crippen LogP contribution in [0.4, 0.5) is 0 Å². The molecular weight excluding hydrogens is 316 g/mol. The lowest BCUT2D eigenvalue weighted by Gasteiger charge is -2.20. The van der Waals surface area contributed by atoms with E-state index in [0.717, 1.165) is 16.7 Å². The smallest absolute Gasteiger partial charge is 0.338 e. The van der Waals surface area contributed by atoms with Crippen molar-refractivity contribution in [2.45, 2.75) is 20.5 Å². The molecular formula is C18H17ClO4. The highest BCUT2D eigenvalue weighted by Gasteiger charge is 2.17. The molecule has 120 valence electrons. The molecule has 0 radical (unpaired) electrons. The van der Waals surface area contributed by atoms with Gasteiger partial charge in [0.1, 0.15) is 19.8 Å². The summed E-state index contributed by atoms with van der Waals surface area (Å²) in [5.74, 6) is 0.775. The maximum Gasteiger partial charge on any atom is 0.338 e. The summed E-state index contributed by atoms with van der Waals surface area (Å²) in [6, 6.07) is 9.14. The summed E-state index contributed by atoms with van der Waals surface area (Å²) < 4.78 is 16.4. The summed E-state index contributed by atoms with van der Waals surface area (Å²) in [5, 5.41) is 0.458. The molecule has 3 rings (SSSR count). The predicted molar refractivity (Wildman–Crippen MR) is 87.5 cm³/mol. The van der Waals surface area contributed by atoms with E-state index in [2.05, 4.69) is 0 Å². The van der Waals surface area contributed by atoms with Crippen LogP contribution >= 0.6 is 11.6 Å². The van der Waals surface area contributed by atoms with E-state index in [1.165, 1.54) is 0 Å². The molecule has 0 atom stereocenters. The van der Waals surface area contributed by atoms with Gasteiger partial charge in [0.25, 0.3) is 0 Å². The van der Waals surface area contributed by atoms with Gasteiger partial charge >= 0.3 is 5.97 Å². The molecule has 1 aliphatic rings. The molecule has 0 aromatic heterocycles. The molecule has 0 saturated heterocycles. The highest BCUT2D eigenvalue weighted by atomic mass is 35.5. The molecule has 2 aromatic carbocycles. The molecule has 23 heavy (non-hydrogen) atoms. The van der Waals surface area contributed by atoms with Crippen LogP contribution in [-0.2, 0) is 11.3 Å². The second-order valence-electron chi connectivity index (χ2n) is 5.50. The zero-order valence-corrected chi connectivity index (χ0v) is 13.8. The van der Waals surface area contributed by atoms with E-state index in [4.69, 9.17) is 25.8 Å². The second kappa shape index (κ2) is 6.50. The van der Waals surface area contributed by atoms with E-state index in [-0.39, 0.29) is 12.6 Å². The van der Waals surface area contributed by atoms with Crippen molar-refractivity contribution in [3.63, 3.8) is 0 Å². The molecule has 0 fully saturated rings. The fraction of sp³-hybridized carbons (Fsp3) is 0.278. The number of aryl methyl sites for hydroxylation is 2. The topological polar surface area (TPSA) is 44.8 Å². The van der Waals surface area contributed by atoms with Crippen LogP contribution in [0.5, 0.6) is 11.5 Å². The minimum Gasteiger partial charge on any atom is -0.486 e. The Morgan fingerprint density at radius 1 is 1.17 bits per heavy atom. The number of rotatable bonds is 3. The third-order valence-electron chi connectivity index (χ3n) is 3.63. The van der Waals surface area contributed by atoms with Gasteiger partial charge in [-0.3, -0.25) is 0 Å². The first-order valence-corrected chi connectivity index (χ1v) is 7.75. The Morgan fingerprint density at radius 3 is 2.74 bits per heavy atom. The van der Waals surface area contributed by atoms with Gasteiger partial charge in [0, 0.05) is 0 Å². The van der Waals surface area contributed by atoms with Gasteiger partial charge in [0.05, 0.1) is 10.6 Å². The molecule has 0 amide bonds. The number of hydrogen-bond acceptors (Lipinski definition) is 4. The molecule has 2 aromatic rings. The van der Waals surface area contributed by atoms with Crippen molar-refractivity contribution in [2.75, 3.05) is 13.2 Å². The third kappa shape index (κ3) is 3.42. The highest BCUT2D eigenvalue weighted by Crippen LogP contribution is 2.38. The minimum atomic E-state index is -0.353. The third-order valence-corrected chi connectivity index (χ3v) is 3.91. The zero-order chi connectivity index (χ0) is 16.4. The lowest BCUT2D eigenvalue weighted by atomic mass is 10.1.